The molecule has 0 aliphatic carbocycles. The van der Waals surface area contributed by atoms with Gasteiger partial charge in [-0.2, -0.15) is 0 Å². The molecule has 3 N–H and O–H groups in total. The zero-order chi connectivity index (χ0) is 8.73. The normalized spacial score (nSPS) is 49.8. The molecule has 0 aromatic heterocycles. The predicted octanol–water partition coefficient (Wildman–Crippen LogP) is -1.73. The molecular weight excluding hydrogens is 164 g/mol. The SMILES string of the molecule is C1CNCC(C23CNC(CN2)C3)[N]1. The number of rotatable bonds is 1. The Labute approximate surface area is 78.8 Å². The Kier molecular flexibility index (Phi) is 1.83. The van der Waals surface area contributed by atoms with Crippen LogP contribution in [0.3, 0.4) is 0 Å². The summed E-state index contributed by atoms with van der Waals surface area (Å²) in [6.07, 6.45) is 1.27. The molecule has 1 radical (unpaired) electrons. The van der Waals surface area contributed by atoms with Gasteiger partial charge in [-0.1, -0.05) is 0 Å². The van der Waals surface area contributed by atoms with E-state index in [1.165, 1.54) is 6.42 Å². The summed E-state index contributed by atoms with van der Waals surface area (Å²) in [6, 6.07) is 1.19. The topological polar surface area (TPSA) is 50.2 Å². The highest BCUT2D eigenvalue weighted by atomic mass is 15.2. The summed E-state index contributed by atoms with van der Waals surface area (Å²) in [5, 5.41) is 15.3. The third-order valence-corrected chi connectivity index (χ3v) is 3.63. The largest absolute Gasteiger partial charge is 0.314 e. The fourth-order valence-electron chi connectivity index (χ4n) is 2.86. The minimum absolute atomic E-state index is 0.290. The maximum atomic E-state index is 4.72. The molecule has 73 valence electrons. The number of nitrogens with zero attached hydrogens (tertiary/aromatic N) is 1. The van der Waals surface area contributed by atoms with Crippen LogP contribution in [0.2, 0.25) is 0 Å². The molecule has 0 aromatic carbocycles. The van der Waals surface area contributed by atoms with Crippen molar-refractivity contribution in [2.24, 2.45) is 0 Å². The van der Waals surface area contributed by atoms with Crippen LogP contribution in [0.25, 0.3) is 0 Å². The van der Waals surface area contributed by atoms with Crippen LogP contribution in [0.15, 0.2) is 0 Å². The van der Waals surface area contributed by atoms with Gasteiger partial charge in [-0.05, 0) is 6.42 Å². The molecule has 3 aliphatic heterocycles. The summed E-state index contributed by atoms with van der Waals surface area (Å²) in [6.45, 7) is 5.34. The van der Waals surface area contributed by atoms with E-state index in [-0.39, 0.29) is 5.54 Å². The van der Waals surface area contributed by atoms with E-state index in [9.17, 15) is 0 Å². The number of nitrogens with one attached hydrogen (secondary N) is 3. The summed E-state index contributed by atoms with van der Waals surface area (Å²) in [5.74, 6) is 0. The van der Waals surface area contributed by atoms with E-state index in [2.05, 4.69) is 16.0 Å². The molecule has 0 saturated carbocycles. The van der Waals surface area contributed by atoms with E-state index < -0.39 is 0 Å². The summed E-state index contributed by atoms with van der Waals surface area (Å²) in [4.78, 5) is 0. The van der Waals surface area contributed by atoms with Crippen molar-refractivity contribution in [3.05, 3.63) is 0 Å². The van der Waals surface area contributed by atoms with Gasteiger partial charge >= 0.3 is 0 Å². The van der Waals surface area contributed by atoms with Crippen molar-refractivity contribution < 1.29 is 0 Å². The second-order valence-corrected chi connectivity index (χ2v) is 4.45. The highest BCUT2D eigenvalue weighted by Crippen LogP contribution is 2.29. The van der Waals surface area contributed by atoms with Crippen molar-refractivity contribution in [3.8, 4) is 0 Å². The number of piperazine rings is 2. The lowest BCUT2D eigenvalue weighted by molar-refractivity contribution is 0.240. The molecule has 4 heteroatoms. The smallest absolute Gasteiger partial charge is 0.0566 e. The van der Waals surface area contributed by atoms with Crippen LogP contribution in [0.5, 0.6) is 0 Å². The van der Waals surface area contributed by atoms with Gasteiger partial charge in [0.2, 0.25) is 0 Å². The number of hydrogen-bond donors (Lipinski definition) is 3. The van der Waals surface area contributed by atoms with Crippen molar-refractivity contribution in [3.63, 3.8) is 0 Å². The Morgan fingerprint density at radius 1 is 1.31 bits per heavy atom. The fourth-order valence-corrected chi connectivity index (χ4v) is 2.86. The van der Waals surface area contributed by atoms with Gasteiger partial charge in [-0.15, -0.1) is 0 Å². The first kappa shape index (κ1) is 8.17. The van der Waals surface area contributed by atoms with Crippen molar-refractivity contribution in [1.82, 2.24) is 21.3 Å². The molecule has 0 aromatic rings. The first-order chi connectivity index (χ1) is 6.39. The maximum Gasteiger partial charge on any atom is 0.0566 e. The lowest BCUT2D eigenvalue weighted by Crippen LogP contribution is -2.64. The van der Waals surface area contributed by atoms with Gasteiger partial charge in [0.1, 0.15) is 0 Å². The molecule has 3 atom stereocenters. The Hall–Kier alpha value is -0.160. The van der Waals surface area contributed by atoms with Crippen LogP contribution in [0.4, 0.5) is 0 Å². The molecule has 3 heterocycles. The van der Waals surface area contributed by atoms with E-state index in [0.29, 0.717) is 12.1 Å². The van der Waals surface area contributed by atoms with E-state index in [4.69, 9.17) is 5.32 Å². The molecule has 13 heavy (non-hydrogen) atoms. The molecule has 2 bridgehead atoms. The quantitative estimate of drug-likeness (QED) is 0.450. The van der Waals surface area contributed by atoms with Gasteiger partial charge in [-0.3, -0.25) is 0 Å². The first-order valence-electron chi connectivity index (χ1n) is 5.25. The third-order valence-electron chi connectivity index (χ3n) is 3.63. The average molecular weight is 181 g/mol. The Morgan fingerprint density at radius 2 is 2.31 bits per heavy atom. The van der Waals surface area contributed by atoms with Crippen LogP contribution in [0, 0.1) is 0 Å². The van der Waals surface area contributed by atoms with Crippen LogP contribution >= 0.6 is 0 Å². The molecule has 3 unspecified atom stereocenters. The van der Waals surface area contributed by atoms with Crippen LogP contribution in [0.1, 0.15) is 6.42 Å². The second kappa shape index (κ2) is 2.92. The fraction of sp³-hybridized carbons (Fsp3) is 1.00. The van der Waals surface area contributed by atoms with E-state index >= 15 is 0 Å². The highest BCUT2D eigenvalue weighted by Gasteiger charge is 2.50. The molecule has 0 spiro atoms. The summed E-state index contributed by atoms with van der Waals surface area (Å²) < 4.78 is 0. The number of fused-ring (bicyclic) bond motifs is 2. The monoisotopic (exact) mass is 181 g/mol. The molecule has 3 rings (SSSR count). The third kappa shape index (κ3) is 1.21. The van der Waals surface area contributed by atoms with E-state index in [1.54, 1.807) is 0 Å². The van der Waals surface area contributed by atoms with Gasteiger partial charge in [0.05, 0.1) is 11.6 Å². The van der Waals surface area contributed by atoms with Gasteiger partial charge in [-0.25, -0.2) is 5.32 Å². The van der Waals surface area contributed by atoms with Gasteiger partial charge < -0.3 is 16.0 Å². The van der Waals surface area contributed by atoms with Crippen molar-refractivity contribution in [2.45, 2.75) is 24.0 Å². The molecule has 3 aliphatic rings. The Morgan fingerprint density at radius 3 is 2.85 bits per heavy atom. The molecular formula is C9H17N4. The zero-order valence-electron chi connectivity index (χ0n) is 7.84. The van der Waals surface area contributed by atoms with Gasteiger partial charge in [0.15, 0.2) is 0 Å². The molecule has 3 saturated heterocycles. The van der Waals surface area contributed by atoms with Gasteiger partial charge in [0, 0.05) is 38.8 Å². The molecule has 4 nitrogen and oxygen atoms in total. The van der Waals surface area contributed by atoms with Crippen LogP contribution < -0.4 is 21.3 Å². The molecule has 0 amide bonds. The van der Waals surface area contributed by atoms with E-state index in [1.807, 2.05) is 0 Å². The minimum atomic E-state index is 0.290. The van der Waals surface area contributed by atoms with Crippen LogP contribution in [-0.4, -0.2) is 50.3 Å². The second-order valence-electron chi connectivity index (χ2n) is 4.45. The van der Waals surface area contributed by atoms with E-state index in [0.717, 1.165) is 32.7 Å². The Balaban J connectivity index is 1.75. The zero-order valence-corrected chi connectivity index (χ0v) is 7.84. The van der Waals surface area contributed by atoms with Crippen molar-refractivity contribution >= 4 is 0 Å². The Bertz CT molecular complexity index is 192. The summed E-state index contributed by atoms with van der Waals surface area (Å²) in [5.41, 5.74) is 0.290. The van der Waals surface area contributed by atoms with Crippen LogP contribution in [-0.2, 0) is 0 Å². The summed E-state index contributed by atoms with van der Waals surface area (Å²) >= 11 is 0. The maximum absolute atomic E-state index is 4.72. The predicted molar refractivity (Wildman–Crippen MR) is 50.8 cm³/mol. The summed E-state index contributed by atoms with van der Waals surface area (Å²) in [7, 11) is 0. The first-order valence-corrected chi connectivity index (χ1v) is 5.25. The van der Waals surface area contributed by atoms with Gasteiger partial charge in [0.25, 0.3) is 0 Å². The standard InChI is InChI=1S/C9H17N4/c1-2-11-8(5-10-1)9-3-7(4-13-9)12-6-9/h7-8,10,12-13H,1-6H2. The number of hydrogen-bond acceptors (Lipinski definition) is 3. The van der Waals surface area contributed by atoms with Crippen molar-refractivity contribution in [1.29, 1.82) is 0 Å². The highest BCUT2D eigenvalue weighted by molar-refractivity contribution is 5.14. The lowest BCUT2D eigenvalue weighted by Gasteiger charge is -2.38. The minimum Gasteiger partial charge on any atom is -0.314 e. The molecule has 3 fully saturated rings. The average Bonchev–Trinajstić information content (AvgIpc) is 2.80. The lowest BCUT2D eigenvalue weighted by atomic mass is 9.89. The van der Waals surface area contributed by atoms with Crippen molar-refractivity contribution in [2.75, 3.05) is 32.7 Å².